The standard InChI is InChI=1S/C22H25ClN2O2/c23-19-10-8-17(9-11-19)20-16-25(14-15-27-20)21(18-6-2-1-3-7-18)22(26)24-12-4-5-13-24/h1-3,6-11,20-21H,4-5,12-16H2/t20-,21+/m0/s1. The lowest BCUT2D eigenvalue weighted by molar-refractivity contribution is -0.140. The minimum Gasteiger partial charge on any atom is -0.371 e. The van der Waals surface area contributed by atoms with Crippen molar-refractivity contribution >= 4 is 17.5 Å². The summed E-state index contributed by atoms with van der Waals surface area (Å²) in [5.74, 6) is 0.218. The first-order valence-corrected chi connectivity index (χ1v) is 10.0. The fraction of sp³-hybridized carbons (Fsp3) is 0.409. The second-order valence-electron chi connectivity index (χ2n) is 7.25. The maximum absolute atomic E-state index is 13.4. The molecule has 2 aliphatic heterocycles. The molecule has 4 nitrogen and oxygen atoms in total. The molecule has 4 rings (SSSR count). The zero-order chi connectivity index (χ0) is 18.6. The number of halogens is 1. The van der Waals surface area contributed by atoms with Gasteiger partial charge in [0, 0.05) is 31.2 Å². The van der Waals surface area contributed by atoms with Gasteiger partial charge in [0.15, 0.2) is 0 Å². The number of benzene rings is 2. The van der Waals surface area contributed by atoms with E-state index in [9.17, 15) is 4.79 Å². The van der Waals surface area contributed by atoms with E-state index in [1.54, 1.807) is 0 Å². The van der Waals surface area contributed by atoms with Crippen molar-refractivity contribution in [2.75, 3.05) is 32.8 Å². The minimum atomic E-state index is -0.247. The smallest absolute Gasteiger partial charge is 0.244 e. The van der Waals surface area contributed by atoms with Crippen LogP contribution in [-0.2, 0) is 9.53 Å². The summed E-state index contributed by atoms with van der Waals surface area (Å²) in [6, 6.07) is 17.7. The Morgan fingerprint density at radius 3 is 2.41 bits per heavy atom. The van der Waals surface area contributed by atoms with E-state index in [-0.39, 0.29) is 18.1 Å². The van der Waals surface area contributed by atoms with E-state index < -0.39 is 0 Å². The molecule has 0 aromatic heterocycles. The van der Waals surface area contributed by atoms with Crippen LogP contribution in [0.1, 0.15) is 36.1 Å². The van der Waals surface area contributed by atoms with E-state index in [4.69, 9.17) is 16.3 Å². The van der Waals surface area contributed by atoms with Gasteiger partial charge in [-0.05, 0) is 36.1 Å². The van der Waals surface area contributed by atoms with Crippen LogP contribution in [0.4, 0.5) is 0 Å². The molecule has 2 aromatic carbocycles. The number of amides is 1. The van der Waals surface area contributed by atoms with Crippen molar-refractivity contribution in [2.45, 2.75) is 25.0 Å². The summed E-state index contributed by atoms with van der Waals surface area (Å²) in [5.41, 5.74) is 2.16. The van der Waals surface area contributed by atoms with Crippen LogP contribution in [0.5, 0.6) is 0 Å². The SMILES string of the molecule is O=C([C@@H](c1ccccc1)N1CCO[C@H](c2ccc(Cl)cc2)C1)N1CCCC1. The van der Waals surface area contributed by atoms with E-state index in [2.05, 4.69) is 17.0 Å². The van der Waals surface area contributed by atoms with Gasteiger partial charge in [0.2, 0.25) is 5.91 Å². The largest absolute Gasteiger partial charge is 0.371 e. The monoisotopic (exact) mass is 384 g/mol. The molecule has 2 heterocycles. The molecule has 2 saturated heterocycles. The number of rotatable bonds is 4. The topological polar surface area (TPSA) is 32.8 Å². The van der Waals surface area contributed by atoms with E-state index in [1.807, 2.05) is 47.4 Å². The van der Waals surface area contributed by atoms with Gasteiger partial charge in [0.25, 0.3) is 0 Å². The highest BCUT2D eigenvalue weighted by atomic mass is 35.5. The molecular weight excluding hydrogens is 360 g/mol. The number of hydrogen-bond acceptors (Lipinski definition) is 3. The fourth-order valence-electron chi connectivity index (χ4n) is 4.04. The van der Waals surface area contributed by atoms with Crippen molar-refractivity contribution in [3.8, 4) is 0 Å². The van der Waals surface area contributed by atoms with Gasteiger partial charge >= 0.3 is 0 Å². The van der Waals surface area contributed by atoms with Gasteiger partial charge in [-0.1, -0.05) is 54.1 Å². The Hall–Kier alpha value is -1.88. The normalized spacial score (nSPS) is 22.0. The molecule has 0 spiro atoms. The van der Waals surface area contributed by atoms with E-state index in [1.165, 1.54) is 0 Å². The summed E-state index contributed by atoms with van der Waals surface area (Å²) in [6.45, 7) is 3.80. The third-order valence-electron chi connectivity index (χ3n) is 5.47. The first-order valence-electron chi connectivity index (χ1n) is 9.67. The molecule has 0 radical (unpaired) electrons. The third-order valence-corrected chi connectivity index (χ3v) is 5.72. The highest BCUT2D eigenvalue weighted by molar-refractivity contribution is 6.30. The Balaban J connectivity index is 1.59. The molecule has 2 aliphatic rings. The average Bonchev–Trinajstić information content (AvgIpc) is 3.25. The van der Waals surface area contributed by atoms with Gasteiger partial charge in [-0.3, -0.25) is 9.69 Å². The molecule has 1 amide bonds. The number of hydrogen-bond donors (Lipinski definition) is 0. The number of likely N-dealkylation sites (tertiary alicyclic amines) is 1. The molecule has 2 fully saturated rings. The molecular formula is C22H25ClN2O2. The van der Waals surface area contributed by atoms with Gasteiger partial charge < -0.3 is 9.64 Å². The third kappa shape index (κ3) is 4.18. The molecule has 0 bridgehead atoms. The number of ether oxygens (including phenoxy) is 1. The van der Waals surface area contributed by atoms with Crippen molar-refractivity contribution in [3.63, 3.8) is 0 Å². The highest BCUT2D eigenvalue weighted by Gasteiger charge is 2.35. The van der Waals surface area contributed by atoms with Crippen LogP contribution < -0.4 is 0 Å². The van der Waals surface area contributed by atoms with Crippen LogP contribution in [0.25, 0.3) is 0 Å². The maximum atomic E-state index is 13.4. The van der Waals surface area contributed by atoms with Crippen LogP contribution in [0.15, 0.2) is 54.6 Å². The Kier molecular flexibility index (Phi) is 5.77. The molecule has 0 saturated carbocycles. The van der Waals surface area contributed by atoms with Crippen LogP contribution in [0, 0.1) is 0 Å². The van der Waals surface area contributed by atoms with Crippen molar-refractivity contribution in [3.05, 3.63) is 70.7 Å². The predicted molar refractivity (Wildman–Crippen MR) is 107 cm³/mol. The van der Waals surface area contributed by atoms with Crippen molar-refractivity contribution < 1.29 is 9.53 Å². The number of carbonyl (C=O) groups is 1. The minimum absolute atomic E-state index is 0.0476. The summed E-state index contributed by atoms with van der Waals surface area (Å²) in [5, 5.41) is 0.720. The summed E-state index contributed by atoms with van der Waals surface area (Å²) < 4.78 is 6.02. The van der Waals surface area contributed by atoms with Crippen LogP contribution >= 0.6 is 11.6 Å². The second-order valence-corrected chi connectivity index (χ2v) is 7.69. The Morgan fingerprint density at radius 1 is 1.00 bits per heavy atom. The Morgan fingerprint density at radius 2 is 1.70 bits per heavy atom. The fourth-order valence-corrected chi connectivity index (χ4v) is 4.16. The molecule has 2 aromatic rings. The Bertz CT molecular complexity index is 760. The average molecular weight is 385 g/mol. The highest BCUT2D eigenvalue weighted by Crippen LogP contribution is 2.31. The maximum Gasteiger partial charge on any atom is 0.244 e. The van der Waals surface area contributed by atoms with E-state index >= 15 is 0 Å². The van der Waals surface area contributed by atoms with Crippen molar-refractivity contribution in [1.82, 2.24) is 9.80 Å². The van der Waals surface area contributed by atoms with Crippen molar-refractivity contribution in [1.29, 1.82) is 0 Å². The van der Waals surface area contributed by atoms with Crippen LogP contribution in [0.2, 0.25) is 5.02 Å². The molecule has 0 unspecified atom stereocenters. The summed E-state index contributed by atoms with van der Waals surface area (Å²) in [4.78, 5) is 17.7. The zero-order valence-electron chi connectivity index (χ0n) is 15.4. The van der Waals surface area contributed by atoms with E-state index in [0.717, 1.165) is 48.6 Å². The second kappa shape index (κ2) is 8.42. The lowest BCUT2D eigenvalue weighted by atomic mass is 10.0. The molecule has 0 N–H and O–H groups in total. The summed E-state index contributed by atoms with van der Waals surface area (Å²) in [7, 11) is 0. The number of carbonyl (C=O) groups excluding carboxylic acids is 1. The Labute approximate surface area is 165 Å². The first kappa shape index (κ1) is 18.5. The molecule has 0 aliphatic carbocycles. The van der Waals surface area contributed by atoms with Gasteiger partial charge in [0.1, 0.15) is 6.04 Å². The lowest BCUT2D eigenvalue weighted by Crippen LogP contribution is -2.47. The van der Waals surface area contributed by atoms with Crippen LogP contribution in [0.3, 0.4) is 0 Å². The molecule has 5 heteroatoms. The molecule has 142 valence electrons. The van der Waals surface area contributed by atoms with Gasteiger partial charge in [-0.2, -0.15) is 0 Å². The quantitative estimate of drug-likeness (QED) is 0.796. The van der Waals surface area contributed by atoms with E-state index in [0.29, 0.717) is 13.2 Å². The zero-order valence-corrected chi connectivity index (χ0v) is 16.1. The first-order chi connectivity index (χ1) is 13.2. The molecule has 27 heavy (non-hydrogen) atoms. The summed E-state index contributed by atoms with van der Waals surface area (Å²) >= 11 is 6.02. The number of nitrogens with zero attached hydrogens (tertiary/aromatic N) is 2. The predicted octanol–water partition coefficient (Wildman–Crippen LogP) is 4.08. The lowest BCUT2D eigenvalue weighted by Gasteiger charge is -2.39. The molecule has 2 atom stereocenters. The van der Waals surface area contributed by atoms with Gasteiger partial charge in [-0.25, -0.2) is 0 Å². The van der Waals surface area contributed by atoms with Gasteiger partial charge in [-0.15, -0.1) is 0 Å². The van der Waals surface area contributed by atoms with Crippen molar-refractivity contribution in [2.24, 2.45) is 0 Å². The van der Waals surface area contributed by atoms with Crippen LogP contribution in [-0.4, -0.2) is 48.5 Å². The summed E-state index contributed by atoms with van der Waals surface area (Å²) in [6.07, 6.45) is 2.15. The van der Waals surface area contributed by atoms with Gasteiger partial charge in [0.05, 0.1) is 12.7 Å². The number of morpholine rings is 1.